The molecule has 3 aromatic carbocycles. The third kappa shape index (κ3) is 9.77. The number of nitrogens with zero attached hydrogens (tertiary/aromatic N) is 7. The number of aryl methyl sites for hydroxylation is 1. The lowest BCUT2D eigenvalue weighted by atomic mass is 9.49. The number of aromatic amines is 1. The second kappa shape index (κ2) is 19.3. The molecule has 9 rings (SSSR count). The number of piperazine rings is 1. The third-order valence-corrected chi connectivity index (χ3v) is 16.0. The Bertz CT molecular complexity index is 3120. The summed E-state index contributed by atoms with van der Waals surface area (Å²) in [6.07, 6.45) is 8.54. The molecule has 16 nitrogen and oxygen atoms in total. The lowest BCUT2D eigenvalue weighted by molar-refractivity contribution is -0.164. The van der Waals surface area contributed by atoms with Crippen molar-refractivity contribution in [2.45, 2.75) is 59.6 Å². The molecular formula is C52H59ClN10O6S. The minimum absolute atomic E-state index is 0.0695. The predicted molar refractivity (Wildman–Crippen MR) is 274 cm³/mol. The zero-order chi connectivity index (χ0) is 49.5. The molecule has 1 aliphatic carbocycles. The maximum atomic E-state index is 13.5. The topological polar surface area (TPSA) is 191 Å². The van der Waals surface area contributed by atoms with E-state index in [1.54, 1.807) is 75.2 Å². The highest BCUT2D eigenvalue weighted by Crippen LogP contribution is 2.55. The summed E-state index contributed by atoms with van der Waals surface area (Å²) < 4.78 is 42.2. The zero-order valence-electron chi connectivity index (χ0n) is 40.3. The maximum absolute atomic E-state index is 13.5. The SMILES string of the molecule is CCS(=O)(=O)Nc1ccc(Oc2cccc(N3CCN(CC4CCN(c5ncc(C(=O)NC6C(C)(C)C(Oc7ccc(C#N)c(Cl)c7)C6(C)C)cn5)CC4)CC3)c2)c(-c2cn(C)c(=O)c3[nH]ccc23)c1. The number of H-pyrrole nitrogens is 1. The lowest BCUT2D eigenvalue weighted by Crippen LogP contribution is -2.74. The van der Waals surface area contributed by atoms with E-state index in [0.29, 0.717) is 67.4 Å². The number of hydrogen-bond acceptors (Lipinski definition) is 12. The summed E-state index contributed by atoms with van der Waals surface area (Å²) >= 11 is 6.27. The number of rotatable bonds is 14. The Morgan fingerprint density at radius 3 is 2.33 bits per heavy atom. The van der Waals surface area contributed by atoms with Gasteiger partial charge in [-0.2, -0.15) is 5.26 Å². The van der Waals surface area contributed by atoms with E-state index in [0.717, 1.165) is 69.9 Å². The monoisotopic (exact) mass is 986 g/mol. The molecule has 0 radical (unpaired) electrons. The van der Waals surface area contributed by atoms with Crippen LogP contribution in [-0.2, 0) is 17.1 Å². The van der Waals surface area contributed by atoms with Gasteiger partial charge in [-0.1, -0.05) is 45.4 Å². The fraction of sp³-hybridized carbons (Fsp3) is 0.404. The van der Waals surface area contributed by atoms with Crippen LogP contribution in [0.5, 0.6) is 17.2 Å². The standard InChI is InChI=1S/C52H59ClN10O6S/c1-7-70(66,67)59-36-12-14-44(41(25-36)42-32-60(6)47(65)45-40(42)15-18-55-45)68-38-10-8-9-37(26-38)62-23-21-61(22-24-62)31-33-16-19-63(20-17-33)50-56-29-35(30-57-50)46(64)58-48-51(2,3)49(52(48,4)5)69-39-13-11-34(28-54)43(53)27-39/h8-15,18,25-27,29-30,32-33,48-49,55,59H,7,16-17,19-24,31H2,1-6H3,(H,58,64). The molecule has 0 bridgehead atoms. The molecule has 70 heavy (non-hydrogen) atoms. The number of anilines is 3. The Hall–Kier alpha value is -6.61. The highest BCUT2D eigenvalue weighted by atomic mass is 35.5. The molecule has 366 valence electrons. The van der Waals surface area contributed by atoms with E-state index in [4.69, 9.17) is 21.1 Å². The van der Waals surface area contributed by atoms with E-state index in [9.17, 15) is 23.3 Å². The van der Waals surface area contributed by atoms with Crippen LogP contribution in [0.4, 0.5) is 17.3 Å². The number of benzene rings is 3. The first-order chi connectivity index (χ1) is 33.4. The normalized spacial score (nSPS) is 19.3. The molecule has 3 N–H and O–H groups in total. The van der Waals surface area contributed by atoms with Gasteiger partial charge in [-0.05, 0) is 74.2 Å². The first-order valence-corrected chi connectivity index (χ1v) is 25.8. The molecular weight excluding hydrogens is 928 g/mol. The fourth-order valence-electron chi connectivity index (χ4n) is 10.8. The van der Waals surface area contributed by atoms with E-state index >= 15 is 0 Å². The number of amides is 1. The van der Waals surface area contributed by atoms with Gasteiger partial charge in [0.1, 0.15) is 34.9 Å². The van der Waals surface area contributed by atoms with Crippen LogP contribution in [0, 0.1) is 28.1 Å². The Morgan fingerprint density at radius 2 is 1.64 bits per heavy atom. The molecule has 0 atom stereocenters. The molecule has 2 aliphatic heterocycles. The van der Waals surface area contributed by atoms with Crippen LogP contribution in [0.3, 0.4) is 0 Å². The van der Waals surface area contributed by atoms with Crippen molar-refractivity contribution >= 4 is 55.8 Å². The predicted octanol–water partition coefficient (Wildman–Crippen LogP) is 8.05. The summed E-state index contributed by atoms with van der Waals surface area (Å²) in [5.74, 6) is 2.63. The van der Waals surface area contributed by atoms with E-state index < -0.39 is 20.9 Å². The van der Waals surface area contributed by atoms with Gasteiger partial charge in [0.2, 0.25) is 16.0 Å². The summed E-state index contributed by atoms with van der Waals surface area (Å²) in [4.78, 5) is 45.9. The van der Waals surface area contributed by atoms with Gasteiger partial charge in [0, 0.05) is 135 Å². The molecule has 3 fully saturated rings. The number of ether oxygens (including phenoxy) is 2. The van der Waals surface area contributed by atoms with Gasteiger partial charge in [-0.15, -0.1) is 0 Å². The third-order valence-electron chi connectivity index (χ3n) is 14.3. The van der Waals surface area contributed by atoms with E-state index in [-0.39, 0.29) is 29.4 Å². The van der Waals surface area contributed by atoms with Crippen molar-refractivity contribution < 1.29 is 22.7 Å². The molecule has 3 aromatic heterocycles. The number of hydrogen-bond donors (Lipinski definition) is 3. The van der Waals surface area contributed by atoms with E-state index in [2.05, 4.69) is 79.5 Å². The second-order valence-corrected chi connectivity index (χ2v) is 22.2. The van der Waals surface area contributed by atoms with E-state index in [1.807, 2.05) is 24.3 Å². The van der Waals surface area contributed by atoms with Gasteiger partial charge in [0.05, 0.1) is 21.9 Å². The Morgan fingerprint density at radius 1 is 0.914 bits per heavy atom. The number of piperidine rings is 1. The van der Waals surface area contributed by atoms with Crippen molar-refractivity contribution in [2.24, 2.45) is 23.8 Å². The highest BCUT2D eigenvalue weighted by molar-refractivity contribution is 7.92. The van der Waals surface area contributed by atoms with Crippen LogP contribution in [0.1, 0.15) is 63.4 Å². The van der Waals surface area contributed by atoms with Gasteiger partial charge in [-0.3, -0.25) is 19.2 Å². The smallest absolute Gasteiger partial charge is 0.274 e. The molecule has 3 aliphatic rings. The van der Waals surface area contributed by atoms with Crippen molar-refractivity contribution in [2.75, 3.05) is 66.1 Å². The largest absolute Gasteiger partial charge is 0.489 e. The van der Waals surface area contributed by atoms with Gasteiger partial charge < -0.3 is 34.1 Å². The molecule has 0 spiro atoms. The van der Waals surface area contributed by atoms with Crippen LogP contribution in [-0.4, -0.2) is 102 Å². The number of aromatic nitrogens is 4. The molecule has 6 aromatic rings. The van der Waals surface area contributed by atoms with Gasteiger partial charge >= 0.3 is 0 Å². The molecule has 1 saturated carbocycles. The molecule has 5 heterocycles. The first-order valence-electron chi connectivity index (χ1n) is 23.7. The van der Waals surface area contributed by atoms with Crippen molar-refractivity contribution in [1.29, 1.82) is 5.26 Å². The van der Waals surface area contributed by atoms with Gasteiger partial charge in [0.15, 0.2) is 0 Å². The number of nitriles is 1. The fourth-order valence-corrected chi connectivity index (χ4v) is 11.6. The number of halogens is 1. The minimum atomic E-state index is -3.54. The van der Waals surface area contributed by atoms with Crippen LogP contribution < -0.4 is 34.9 Å². The van der Waals surface area contributed by atoms with Crippen molar-refractivity contribution in [3.8, 4) is 34.4 Å². The van der Waals surface area contributed by atoms with E-state index in [1.165, 1.54) is 4.57 Å². The van der Waals surface area contributed by atoms with Crippen LogP contribution in [0.2, 0.25) is 5.02 Å². The van der Waals surface area contributed by atoms with Crippen molar-refractivity contribution in [1.82, 2.24) is 29.7 Å². The maximum Gasteiger partial charge on any atom is 0.274 e. The van der Waals surface area contributed by atoms with Crippen LogP contribution >= 0.6 is 11.6 Å². The van der Waals surface area contributed by atoms with Crippen molar-refractivity contribution in [3.63, 3.8) is 0 Å². The Labute approximate surface area is 413 Å². The number of carbonyl (C=O) groups is 1. The molecule has 0 unspecified atom stereocenters. The van der Waals surface area contributed by atoms with Crippen molar-refractivity contribution in [3.05, 3.63) is 118 Å². The number of nitrogens with one attached hydrogen (secondary N) is 3. The summed E-state index contributed by atoms with van der Waals surface area (Å²) in [6.45, 7) is 16.2. The quantitative estimate of drug-likeness (QED) is 0.0954. The molecule has 2 saturated heterocycles. The Balaban J connectivity index is 0.766. The number of pyridine rings is 1. The zero-order valence-corrected chi connectivity index (χ0v) is 41.9. The summed E-state index contributed by atoms with van der Waals surface area (Å²) in [7, 11) is -1.85. The lowest BCUT2D eigenvalue weighted by Gasteiger charge is -2.63. The first kappa shape index (κ1) is 48.4. The number of fused-ring (bicyclic) bond motifs is 1. The summed E-state index contributed by atoms with van der Waals surface area (Å²) in [6, 6.07) is 22.0. The van der Waals surface area contributed by atoms with Crippen LogP contribution in [0.25, 0.3) is 22.0 Å². The molecule has 1 amide bonds. The number of carbonyl (C=O) groups excluding carboxylic acids is 1. The van der Waals surface area contributed by atoms with Gasteiger partial charge in [0.25, 0.3) is 11.5 Å². The molecule has 18 heteroatoms. The minimum Gasteiger partial charge on any atom is -0.489 e. The van der Waals surface area contributed by atoms with Gasteiger partial charge in [-0.25, -0.2) is 18.4 Å². The highest BCUT2D eigenvalue weighted by Gasteiger charge is 2.64. The second-order valence-electron chi connectivity index (χ2n) is 19.8. The summed E-state index contributed by atoms with van der Waals surface area (Å²) in [5, 5.41) is 13.5. The average Bonchev–Trinajstić information content (AvgIpc) is 3.85. The Kier molecular flexibility index (Phi) is 13.3. The number of sulfonamides is 1. The average molecular weight is 988 g/mol. The summed E-state index contributed by atoms with van der Waals surface area (Å²) in [5.41, 5.74) is 3.12. The van der Waals surface area contributed by atoms with Crippen LogP contribution in [0.15, 0.2) is 96.3 Å².